The summed E-state index contributed by atoms with van der Waals surface area (Å²) in [6.07, 6.45) is 2.89. The summed E-state index contributed by atoms with van der Waals surface area (Å²) in [7, 11) is 0. The van der Waals surface area contributed by atoms with Crippen molar-refractivity contribution in [3.05, 3.63) is 30.0 Å². The first-order valence-corrected chi connectivity index (χ1v) is 7.52. The predicted octanol–water partition coefficient (Wildman–Crippen LogP) is 3.26. The topological polar surface area (TPSA) is 62.1 Å². The van der Waals surface area contributed by atoms with E-state index in [9.17, 15) is 4.79 Å². The van der Waals surface area contributed by atoms with Crippen molar-refractivity contribution >= 4 is 22.5 Å². The Labute approximate surface area is 125 Å². The summed E-state index contributed by atoms with van der Waals surface area (Å²) in [4.78, 5) is 17.9. The molecule has 3 rings (SSSR count). The van der Waals surface area contributed by atoms with Crippen molar-refractivity contribution < 1.29 is 4.79 Å². The number of anilines is 1. The molecule has 0 saturated carbocycles. The molecule has 21 heavy (non-hydrogen) atoms. The Balaban J connectivity index is 1.87. The molecule has 1 aromatic heterocycles. The second-order valence-electron chi connectivity index (χ2n) is 7.11. The number of aromatic amines is 1. The number of nitrogens with two attached hydrogens (primary N) is 1. The standard InChI is InChI=1S/C17H23N3O/c1-17(2,3)11-6-7-20(10-11)16(21)14-9-19-15-5-4-12(18)8-13(14)15/h4-5,8-9,11,19H,6-7,10,18H2,1-3H3. The van der Waals surface area contributed by atoms with Gasteiger partial charge in [-0.05, 0) is 36.0 Å². The summed E-state index contributed by atoms with van der Waals surface area (Å²) < 4.78 is 0. The molecule has 1 atom stereocenters. The van der Waals surface area contributed by atoms with Crippen LogP contribution in [0.1, 0.15) is 37.6 Å². The van der Waals surface area contributed by atoms with E-state index >= 15 is 0 Å². The van der Waals surface area contributed by atoms with Crippen molar-refractivity contribution in [1.29, 1.82) is 0 Å². The molecule has 1 saturated heterocycles. The molecular weight excluding hydrogens is 262 g/mol. The maximum absolute atomic E-state index is 12.8. The van der Waals surface area contributed by atoms with Crippen LogP contribution in [-0.4, -0.2) is 28.9 Å². The molecular formula is C17H23N3O. The molecule has 1 aliphatic rings. The summed E-state index contributed by atoms with van der Waals surface area (Å²) >= 11 is 0. The number of nitrogens with one attached hydrogen (secondary N) is 1. The number of hydrogen-bond donors (Lipinski definition) is 2. The molecule has 0 aliphatic carbocycles. The minimum absolute atomic E-state index is 0.110. The van der Waals surface area contributed by atoms with Crippen molar-refractivity contribution in [3.8, 4) is 0 Å². The molecule has 2 aromatic rings. The number of benzene rings is 1. The van der Waals surface area contributed by atoms with Crippen molar-refractivity contribution in [3.63, 3.8) is 0 Å². The predicted molar refractivity (Wildman–Crippen MR) is 86.2 cm³/mol. The lowest BCUT2D eigenvalue weighted by Gasteiger charge is -2.26. The van der Waals surface area contributed by atoms with E-state index < -0.39 is 0 Å². The molecule has 0 radical (unpaired) electrons. The van der Waals surface area contributed by atoms with Gasteiger partial charge in [0, 0.05) is 35.9 Å². The lowest BCUT2D eigenvalue weighted by Crippen LogP contribution is -2.31. The lowest BCUT2D eigenvalue weighted by molar-refractivity contribution is 0.0778. The molecule has 1 fully saturated rings. The molecule has 1 aromatic carbocycles. The first-order chi connectivity index (χ1) is 9.86. The molecule has 112 valence electrons. The van der Waals surface area contributed by atoms with Gasteiger partial charge in [0.1, 0.15) is 0 Å². The van der Waals surface area contributed by atoms with E-state index in [2.05, 4.69) is 25.8 Å². The Hall–Kier alpha value is -1.97. The zero-order valence-corrected chi connectivity index (χ0v) is 12.9. The number of nitrogens with zero attached hydrogens (tertiary/aromatic N) is 1. The van der Waals surface area contributed by atoms with Crippen molar-refractivity contribution in [2.45, 2.75) is 27.2 Å². The number of rotatable bonds is 1. The average molecular weight is 285 g/mol. The van der Waals surface area contributed by atoms with Crippen LogP contribution >= 0.6 is 0 Å². The van der Waals surface area contributed by atoms with E-state index in [0.717, 1.165) is 36.0 Å². The van der Waals surface area contributed by atoms with Crippen LogP contribution in [0.2, 0.25) is 0 Å². The summed E-state index contributed by atoms with van der Waals surface area (Å²) in [6, 6.07) is 5.64. The lowest BCUT2D eigenvalue weighted by atomic mass is 9.80. The Morgan fingerprint density at radius 1 is 1.38 bits per heavy atom. The van der Waals surface area contributed by atoms with E-state index in [0.29, 0.717) is 11.6 Å². The van der Waals surface area contributed by atoms with Gasteiger partial charge < -0.3 is 15.6 Å². The molecule has 0 spiro atoms. The molecule has 1 aliphatic heterocycles. The Morgan fingerprint density at radius 3 is 2.81 bits per heavy atom. The summed E-state index contributed by atoms with van der Waals surface area (Å²) in [5, 5.41) is 0.916. The number of likely N-dealkylation sites (tertiary alicyclic amines) is 1. The maximum Gasteiger partial charge on any atom is 0.256 e. The number of carbonyl (C=O) groups is 1. The third-order valence-corrected chi connectivity index (χ3v) is 4.64. The molecule has 4 nitrogen and oxygen atoms in total. The molecule has 1 unspecified atom stereocenters. The van der Waals surface area contributed by atoms with Gasteiger partial charge in [0.15, 0.2) is 0 Å². The molecule has 2 heterocycles. The highest BCUT2D eigenvalue weighted by Gasteiger charge is 2.34. The number of hydrogen-bond acceptors (Lipinski definition) is 2. The first kappa shape index (κ1) is 14.0. The number of H-pyrrole nitrogens is 1. The van der Waals surface area contributed by atoms with Crippen molar-refractivity contribution in [2.24, 2.45) is 11.3 Å². The minimum atomic E-state index is 0.110. The second kappa shape index (κ2) is 4.79. The Kier molecular flexibility index (Phi) is 3.19. The van der Waals surface area contributed by atoms with Crippen LogP contribution in [-0.2, 0) is 0 Å². The monoisotopic (exact) mass is 285 g/mol. The van der Waals surface area contributed by atoms with Crippen LogP contribution in [0.4, 0.5) is 5.69 Å². The van der Waals surface area contributed by atoms with Gasteiger partial charge in [-0.3, -0.25) is 4.79 Å². The van der Waals surface area contributed by atoms with E-state index in [1.807, 2.05) is 23.1 Å². The number of carbonyl (C=O) groups excluding carboxylic acids is 1. The number of fused-ring (bicyclic) bond motifs is 1. The fourth-order valence-electron chi connectivity index (χ4n) is 3.14. The zero-order chi connectivity index (χ0) is 15.2. The highest BCUT2D eigenvalue weighted by Crippen LogP contribution is 2.34. The van der Waals surface area contributed by atoms with Gasteiger partial charge in [-0.15, -0.1) is 0 Å². The van der Waals surface area contributed by atoms with Crippen LogP contribution in [0, 0.1) is 11.3 Å². The van der Waals surface area contributed by atoms with E-state index in [-0.39, 0.29) is 11.3 Å². The third-order valence-electron chi connectivity index (χ3n) is 4.64. The van der Waals surface area contributed by atoms with Crippen LogP contribution in [0.15, 0.2) is 24.4 Å². The highest BCUT2D eigenvalue weighted by molar-refractivity contribution is 6.07. The smallest absolute Gasteiger partial charge is 0.256 e. The van der Waals surface area contributed by atoms with Gasteiger partial charge >= 0.3 is 0 Å². The van der Waals surface area contributed by atoms with Gasteiger partial charge in [-0.1, -0.05) is 20.8 Å². The van der Waals surface area contributed by atoms with Crippen molar-refractivity contribution in [1.82, 2.24) is 9.88 Å². The number of amides is 1. The van der Waals surface area contributed by atoms with Gasteiger partial charge in [0.25, 0.3) is 5.91 Å². The van der Waals surface area contributed by atoms with Crippen LogP contribution in [0.5, 0.6) is 0 Å². The third kappa shape index (κ3) is 2.50. The molecule has 1 amide bonds. The maximum atomic E-state index is 12.8. The SMILES string of the molecule is CC(C)(C)C1CCN(C(=O)c2c[nH]c3ccc(N)cc23)C1. The largest absolute Gasteiger partial charge is 0.399 e. The van der Waals surface area contributed by atoms with Crippen LogP contribution < -0.4 is 5.73 Å². The average Bonchev–Trinajstić information content (AvgIpc) is 3.03. The van der Waals surface area contributed by atoms with Gasteiger partial charge in [0.05, 0.1) is 5.56 Å². The summed E-state index contributed by atoms with van der Waals surface area (Å²) in [6.45, 7) is 8.43. The van der Waals surface area contributed by atoms with E-state index in [1.54, 1.807) is 6.20 Å². The van der Waals surface area contributed by atoms with Crippen LogP contribution in [0.3, 0.4) is 0 Å². The normalized spacial score (nSPS) is 19.4. The Bertz CT molecular complexity index is 681. The molecule has 0 bridgehead atoms. The number of aromatic nitrogens is 1. The van der Waals surface area contributed by atoms with Crippen molar-refractivity contribution in [2.75, 3.05) is 18.8 Å². The molecule has 3 N–H and O–H groups in total. The minimum Gasteiger partial charge on any atom is -0.399 e. The molecule has 4 heteroatoms. The van der Waals surface area contributed by atoms with Gasteiger partial charge in [-0.2, -0.15) is 0 Å². The highest BCUT2D eigenvalue weighted by atomic mass is 16.2. The van der Waals surface area contributed by atoms with E-state index in [4.69, 9.17) is 5.73 Å². The number of nitrogen functional groups attached to an aromatic ring is 1. The van der Waals surface area contributed by atoms with Crippen LogP contribution in [0.25, 0.3) is 10.9 Å². The Morgan fingerprint density at radius 2 is 2.14 bits per heavy atom. The zero-order valence-electron chi connectivity index (χ0n) is 12.9. The fourth-order valence-corrected chi connectivity index (χ4v) is 3.14. The van der Waals surface area contributed by atoms with Gasteiger partial charge in [0.2, 0.25) is 0 Å². The fraction of sp³-hybridized carbons (Fsp3) is 0.471. The quantitative estimate of drug-likeness (QED) is 0.790. The summed E-state index contributed by atoms with van der Waals surface area (Å²) in [5.41, 5.74) is 8.47. The second-order valence-corrected chi connectivity index (χ2v) is 7.11. The first-order valence-electron chi connectivity index (χ1n) is 7.52. The van der Waals surface area contributed by atoms with E-state index in [1.165, 1.54) is 0 Å². The van der Waals surface area contributed by atoms with Gasteiger partial charge in [-0.25, -0.2) is 0 Å². The summed E-state index contributed by atoms with van der Waals surface area (Å²) in [5.74, 6) is 0.676.